The minimum atomic E-state index is -0.153. The average Bonchev–Trinajstić information content (AvgIpc) is 3.12. The number of amides is 1. The number of ether oxygens (including phenoxy) is 2. The van der Waals surface area contributed by atoms with Crippen molar-refractivity contribution in [3.05, 3.63) is 75.7 Å². The second-order valence-electron chi connectivity index (χ2n) is 7.90. The third kappa shape index (κ3) is 5.47. The summed E-state index contributed by atoms with van der Waals surface area (Å²) in [6, 6.07) is 16.1. The summed E-state index contributed by atoms with van der Waals surface area (Å²) in [5.74, 6) is 1.80. The topological polar surface area (TPSA) is 63.7 Å². The highest BCUT2D eigenvalue weighted by Gasteiger charge is 2.26. The first-order valence-corrected chi connectivity index (χ1v) is 11.8. The summed E-state index contributed by atoms with van der Waals surface area (Å²) in [4.78, 5) is 20.1. The summed E-state index contributed by atoms with van der Waals surface area (Å²) >= 11 is 1.61. The van der Waals surface area contributed by atoms with Crippen molar-refractivity contribution in [3.63, 3.8) is 0 Å². The number of methoxy groups -OCH3 is 1. The fourth-order valence-corrected chi connectivity index (χ4v) is 4.76. The molecule has 0 bridgehead atoms. The number of benzene rings is 2. The van der Waals surface area contributed by atoms with E-state index in [-0.39, 0.29) is 12.0 Å². The third-order valence-corrected chi connectivity index (χ3v) is 6.71. The number of nitrogens with one attached hydrogen (secondary N) is 1. The molecule has 0 saturated carbocycles. The average molecular weight is 452 g/mol. The van der Waals surface area contributed by atoms with Gasteiger partial charge in [0.05, 0.1) is 18.3 Å². The van der Waals surface area contributed by atoms with Crippen molar-refractivity contribution in [1.29, 1.82) is 0 Å². The molecule has 1 aromatic heterocycles. The number of thiazole rings is 1. The molecule has 168 valence electrons. The zero-order valence-electron chi connectivity index (χ0n) is 18.5. The Morgan fingerprint density at radius 3 is 2.88 bits per heavy atom. The molecule has 0 spiro atoms. The van der Waals surface area contributed by atoms with Crippen LogP contribution in [0.1, 0.15) is 34.2 Å². The molecule has 4 rings (SSSR count). The predicted molar refractivity (Wildman–Crippen MR) is 126 cm³/mol. The molecule has 0 aliphatic carbocycles. The van der Waals surface area contributed by atoms with Crippen LogP contribution >= 0.6 is 11.3 Å². The maximum atomic E-state index is 12.3. The Kier molecular flexibility index (Phi) is 7.39. The van der Waals surface area contributed by atoms with Crippen molar-refractivity contribution in [1.82, 2.24) is 15.2 Å². The molecule has 0 radical (unpaired) electrons. The van der Waals surface area contributed by atoms with Crippen LogP contribution in [-0.2, 0) is 17.8 Å². The van der Waals surface area contributed by atoms with Gasteiger partial charge in [-0.3, -0.25) is 9.69 Å². The van der Waals surface area contributed by atoms with Crippen LogP contribution in [0.4, 0.5) is 0 Å². The van der Waals surface area contributed by atoms with E-state index in [4.69, 9.17) is 9.47 Å². The van der Waals surface area contributed by atoms with Crippen LogP contribution in [0.25, 0.3) is 0 Å². The molecule has 1 unspecified atom stereocenters. The number of para-hydroxylation sites is 2. The first kappa shape index (κ1) is 22.3. The second kappa shape index (κ2) is 10.6. The lowest BCUT2D eigenvalue weighted by Crippen LogP contribution is -2.36. The molecule has 32 heavy (non-hydrogen) atoms. The van der Waals surface area contributed by atoms with Crippen molar-refractivity contribution >= 4 is 17.2 Å². The van der Waals surface area contributed by atoms with E-state index in [1.807, 2.05) is 48.8 Å². The van der Waals surface area contributed by atoms with E-state index in [1.54, 1.807) is 18.4 Å². The normalized spacial score (nSPS) is 16.0. The molecule has 3 aromatic rings. The van der Waals surface area contributed by atoms with Gasteiger partial charge in [-0.2, -0.15) is 0 Å². The number of carbonyl (C=O) groups excluding carboxylic acids is 1. The third-order valence-electron chi connectivity index (χ3n) is 5.72. The fraction of sp³-hybridized carbons (Fsp3) is 0.360. The van der Waals surface area contributed by atoms with Crippen LogP contribution in [0.2, 0.25) is 0 Å². The standard InChI is InChI=1S/C25H29N3O3S/c1-18-24(32-17-27-18)11-12-25(29)26-13-14-28-15-19-7-3-5-9-21(19)31-23(16-28)20-8-4-6-10-22(20)30-2/h3-10,17,23H,11-16H2,1-2H3,(H,26,29). The first-order chi connectivity index (χ1) is 15.6. The Hall–Kier alpha value is -2.90. The number of carbonyl (C=O) groups is 1. The molecular formula is C25H29N3O3S. The van der Waals surface area contributed by atoms with Gasteiger partial charge in [0.1, 0.15) is 17.6 Å². The van der Waals surface area contributed by atoms with Gasteiger partial charge in [0.2, 0.25) is 5.91 Å². The largest absolute Gasteiger partial charge is 0.496 e. The van der Waals surface area contributed by atoms with Crippen molar-refractivity contribution in [2.24, 2.45) is 0 Å². The Balaban J connectivity index is 1.39. The first-order valence-electron chi connectivity index (χ1n) is 10.9. The van der Waals surface area contributed by atoms with Gasteiger partial charge in [-0.05, 0) is 25.5 Å². The number of fused-ring (bicyclic) bond motifs is 1. The summed E-state index contributed by atoms with van der Waals surface area (Å²) in [5.41, 5.74) is 5.03. The number of hydrogen-bond acceptors (Lipinski definition) is 6. The summed E-state index contributed by atoms with van der Waals surface area (Å²) < 4.78 is 12.0. The number of rotatable bonds is 8. The quantitative estimate of drug-likeness (QED) is 0.558. The zero-order valence-corrected chi connectivity index (χ0v) is 19.4. The van der Waals surface area contributed by atoms with Gasteiger partial charge in [-0.1, -0.05) is 36.4 Å². The smallest absolute Gasteiger partial charge is 0.220 e. The maximum Gasteiger partial charge on any atom is 0.220 e. The summed E-state index contributed by atoms with van der Waals surface area (Å²) in [6.07, 6.45) is 1.07. The fourth-order valence-electron chi connectivity index (χ4n) is 3.98. The lowest BCUT2D eigenvalue weighted by molar-refractivity contribution is -0.121. The van der Waals surface area contributed by atoms with E-state index in [0.717, 1.165) is 47.8 Å². The van der Waals surface area contributed by atoms with Crippen molar-refractivity contribution in [2.75, 3.05) is 26.7 Å². The number of aryl methyl sites for hydroxylation is 2. The zero-order chi connectivity index (χ0) is 22.3. The summed E-state index contributed by atoms with van der Waals surface area (Å²) in [7, 11) is 1.69. The van der Waals surface area contributed by atoms with Crippen LogP contribution in [-0.4, -0.2) is 42.5 Å². The molecule has 1 aliphatic heterocycles. The maximum absolute atomic E-state index is 12.3. The lowest BCUT2D eigenvalue weighted by Gasteiger charge is -2.25. The summed E-state index contributed by atoms with van der Waals surface area (Å²) in [6.45, 7) is 4.82. The van der Waals surface area contributed by atoms with Crippen LogP contribution in [0.3, 0.4) is 0 Å². The molecule has 0 fully saturated rings. The Bertz CT molecular complexity index is 1050. The minimum Gasteiger partial charge on any atom is -0.496 e. The van der Waals surface area contributed by atoms with Crippen molar-refractivity contribution in [2.45, 2.75) is 32.4 Å². The van der Waals surface area contributed by atoms with E-state index in [1.165, 1.54) is 4.88 Å². The Morgan fingerprint density at radius 2 is 2.06 bits per heavy atom. The predicted octanol–water partition coefficient (Wildman–Crippen LogP) is 4.14. The van der Waals surface area contributed by atoms with E-state index < -0.39 is 0 Å². The van der Waals surface area contributed by atoms with Gasteiger partial charge >= 0.3 is 0 Å². The van der Waals surface area contributed by atoms with E-state index in [0.29, 0.717) is 19.5 Å². The van der Waals surface area contributed by atoms with E-state index >= 15 is 0 Å². The van der Waals surface area contributed by atoms with Gasteiger partial charge < -0.3 is 14.8 Å². The van der Waals surface area contributed by atoms with Gasteiger partial charge in [0, 0.05) is 48.6 Å². The Morgan fingerprint density at radius 1 is 1.25 bits per heavy atom. The number of nitrogens with zero attached hydrogens (tertiary/aromatic N) is 2. The van der Waals surface area contributed by atoms with Crippen molar-refractivity contribution in [3.8, 4) is 11.5 Å². The molecule has 1 amide bonds. The van der Waals surface area contributed by atoms with Crippen LogP contribution in [0, 0.1) is 6.92 Å². The highest BCUT2D eigenvalue weighted by atomic mass is 32.1. The van der Waals surface area contributed by atoms with Crippen LogP contribution in [0.15, 0.2) is 54.0 Å². The number of aromatic nitrogens is 1. The lowest BCUT2D eigenvalue weighted by atomic mass is 10.1. The molecule has 7 heteroatoms. The van der Waals surface area contributed by atoms with Gasteiger partial charge in [0.15, 0.2) is 0 Å². The highest BCUT2D eigenvalue weighted by molar-refractivity contribution is 7.09. The van der Waals surface area contributed by atoms with Crippen LogP contribution in [0.5, 0.6) is 11.5 Å². The van der Waals surface area contributed by atoms with E-state index in [9.17, 15) is 4.79 Å². The highest BCUT2D eigenvalue weighted by Crippen LogP contribution is 2.34. The monoisotopic (exact) mass is 451 g/mol. The van der Waals surface area contributed by atoms with Gasteiger partial charge in [-0.25, -0.2) is 4.98 Å². The van der Waals surface area contributed by atoms with Gasteiger partial charge in [0.25, 0.3) is 0 Å². The molecule has 1 atom stereocenters. The second-order valence-corrected chi connectivity index (χ2v) is 8.84. The Labute approximate surface area is 193 Å². The molecule has 2 heterocycles. The molecular weight excluding hydrogens is 422 g/mol. The molecule has 1 aliphatic rings. The molecule has 0 saturated heterocycles. The molecule has 2 aromatic carbocycles. The molecule has 1 N–H and O–H groups in total. The SMILES string of the molecule is COc1ccccc1C1CN(CCNC(=O)CCc2scnc2C)Cc2ccccc2O1. The summed E-state index contributed by atoms with van der Waals surface area (Å²) in [5, 5.41) is 3.07. The van der Waals surface area contributed by atoms with Crippen LogP contribution < -0.4 is 14.8 Å². The van der Waals surface area contributed by atoms with E-state index in [2.05, 4.69) is 27.3 Å². The minimum absolute atomic E-state index is 0.0746. The van der Waals surface area contributed by atoms with Gasteiger partial charge in [-0.15, -0.1) is 11.3 Å². The molecule has 6 nitrogen and oxygen atoms in total. The van der Waals surface area contributed by atoms with Crippen molar-refractivity contribution < 1.29 is 14.3 Å². The number of hydrogen-bond donors (Lipinski definition) is 1.